The molecule has 1 aromatic heterocycles. The summed E-state index contributed by atoms with van der Waals surface area (Å²) < 4.78 is 12.4. The van der Waals surface area contributed by atoms with E-state index in [-0.39, 0.29) is 5.82 Å². The summed E-state index contributed by atoms with van der Waals surface area (Å²) in [6.45, 7) is 4.69. The van der Waals surface area contributed by atoms with Gasteiger partial charge in [-0.25, -0.2) is 9.37 Å². The first-order valence-electron chi connectivity index (χ1n) is 4.39. The first-order valence-corrected chi connectivity index (χ1v) is 4.39. The van der Waals surface area contributed by atoms with Crippen molar-refractivity contribution in [1.29, 1.82) is 0 Å². The van der Waals surface area contributed by atoms with E-state index in [4.69, 9.17) is 0 Å². The van der Waals surface area contributed by atoms with Crippen LogP contribution in [0.2, 0.25) is 0 Å². The van der Waals surface area contributed by atoms with E-state index in [2.05, 4.69) is 22.5 Å². The summed E-state index contributed by atoms with van der Waals surface area (Å²) in [6, 6.07) is 3.02. The van der Waals surface area contributed by atoms with Crippen molar-refractivity contribution in [3.63, 3.8) is 0 Å². The van der Waals surface area contributed by atoms with E-state index in [1.807, 2.05) is 0 Å². The van der Waals surface area contributed by atoms with Crippen LogP contribution < -0.4 is 10.6 Å². The van der Waals surface area contributed by atoms with Gasteiger partial charge in [-0.1, -0.05) is 6.92 Å². The van der Waals surface area contributed by atoms with Crippen LogP contribution >= 0.6 is 0 Å². The lowest BCUT2D eigenvalue weighted by Crippen LogP contribution is -2.21. The van der Waals surface area contributed by atoms with Gasteiger partial charge in [0.15, 0.2) is 0 Å². The fourth-order valence-electron chi connectivity index (χ4n) is 0.936. The Morgan fingerprint density at radius 2 is 2.23 bits per heavy atom. The number of anilines is 1. The monoisotopic (exact) mass is 183 g/mol. The quantitative estimate of drug-likeness (QED) is 0.674. The number of halogens is 1. The van der Waals surface area contributed by atoms with Crippen molar-refractivity contribution in [2.24, 2.45) is 0 Å². The van der Waals surface area contributed by atoms with Gasteiger partial charge in [0.05, 0.1) is 6.20 Å². The molecule has 1 rings (SSSR count). The highest BCUT2D eigenvalue weighted by Crippen LogP contribution is 2.01. The maximum Gasteiger partial charge on any atom is 0.141 e. The van der Waals surface area contributed by atoms with Crippen LogP contribution in [-0.2, 0) is 0 Å². The van der Waals surface area contributed by atoms with Crippen LogP contribution in [0.25, 0.3) is 0 Å². The van der Waals surface area contributed by atoms with E-state index >= 15 is 0 Å². The number of pyridine rings is 1. The van der Waals surface area contributed by atoms with Crippen LogP contribution in [-0.4, -0.2) is 24.6 Å². The average Bonchev–Trinajstić information content (AvgIpc) is 2.15. The lowest BCUT2D eigenvalue weighted by molar-refractivity contribution is 0.621. The smallest absolute Gasteiger partial charge is 0.141 e. The summed E-state index contributed by atoms with van der Waals surface area (Å²) in [5.41, 5.74) is 0. The maximum absolute atomic E-state index is 12.4. The first-order chi connectivity index (χ1) is 6.33. The second kappa shape index (κ2) is 5.48. The second-order valence-corrected chi connectivity index (χ2v) is 2.64. The molecule has 0 atom stereocenters. The van der Waals surface area contributed by atoms with Gasteiger partial charge in [0.25, 0.3) is 0 Å². The van der Waals surface area contributed by atoms with Gasteiger partial charge in [0, 0.05) is 13.1 Å². The largest absolute Gasteiger partial charge is 0.369 e. The summed E-state index contributed by atoms with van der Waals surface area (Å²) in [5.74, 6) is 0.400. The minimum absolute atomic E-state index is 0.308. The Labute approximate surface area is 77.4 Å². The van der Waals surface area contributed by atoms with Crippen molar-refractivity contribution < 1.29 is 4.39 Å². The van der Waals surface area contributed by atoms with Gasteiger partial charge < -0.3 is 10.6 Å². The lowest BCUT2D eigenvalue weighted by Gasteiger charge is -2.04. The second-order valence-electron chi connectivity index (χ2n) is 2.64. The number of hydrogen-bond donors (Lipinski definition) is 2. The zero-order valence-electron chi connectivity index (χ0n) is 7.68. The minimum atomic E-state index is -0.308. The molecule has 4 heteroatoms. The van der Waals surface area contributed by atoms with Crippen LogP contribution in [0.4, 0.5) is 10.2 Å². The predicted octanol–water partition coefficient (Wildman–Crippen LogP) is 1.24. The van der Waals surface area contributed by atoms with Gasteiger partial charge in [0.1, 0.15) is 11.6 Å². The third-order valence-corrected chi connectivity index (χ3v) is 1.59. The Morgan fingerprint density at radius 3 is 2.85 bits per heavy atom. The Hall–Kier alpha value is -1.16. The van der Waals surface area contributed by atoms with Gasteiger partial charge in [-0.05, 0) is 18.7 Å². The van der Waals surface area contributed by atoms with Gasteiger partial charge in [-0.15, -0.1) is 0 Å². The Balaban J connectivity index is 2.25. The van der Waals surface area contributed by atoms with Crippen LogP contribution in [0.3, 0.4) is 0 Å². The number of nitrogens with one attached hydrogen (secondary N) is 2. The molecule has 2 N–H and O–H groups in total. The highest BCUT2D eigenvalue weighted by atomic mass is 19.1. The van der Waals surface area contributed by atoms with Crippen LogP contribution in [0.1, 0.15) is 6.92 Å². The van der Waals surface area contributed by atoms with Crippen molar-refractivity contribution in [3.05, 3.63) is 24.1 Å². The highest BCUT2D eigenvalue weighted by Gasteiger charge is 1.92. The molecule has 3 nitrogen and oxygen atoms in total. The highest BCUT2D eigenvalue weighted by molar-refractivity contribution is 5.33. The molecule has 0 aromatic carbocycles. The fraction of sp³-hybridized carbons (Fsp3) is 0.444. The molecule has 0 radical (unpaired) electrons. The minimum Gasteiger partial charge on any atom is -0.369 e. The molecular weight excluding hydrogens is 169 g/mol. The normalized spacial score (nSPS) is 10.0. The van der Waals surface area contributed by atoms with E-state index in [0.29, 0.717) is 5.82 Å². The summed E-state index contributed by atoms with van der Waals surface area (Å²) in [7, 11) is 0. The Bertz CT molecular complexity index is 235. The van der Waals surface area contributed by atoms with Crippen LogP contribution in [0, 0.1) is 5.82 Å². The molecule has 1 heterocycles. The third-order valence-electron chi connectivity index (χ3n) is 1.59. The molecule has 0 bridgehead atoms. The summed E-state index contributed by atoms with van der Waals surface area (Å²) in [6.07, 6.45) is 1.20. The van der Waals surface area contributed by atoms with Crippen molar-refractivity contribution in [2.45, 2.75) is 6.92 Å². The molecule has 1 aromatic rings. The average molecular weight is 183 g/mol. The molecule has 0 saturated carbocycles. The number of aromatic nitrogens is 1. The lowest BCUT2D eigenvalue weighted by atomic mass is 10.4. The first kappa shape index (κ1) is 9.92. The van der Waals surface area contributed by atoms with Gasteiger partial charge in [-0.2, -0.15) is 0 Å². The third kappa shape index (κ3) is 3.85. The topological polar surface area (TPSA) is 37.0 Å². The van der Waals surface area contributed by atoms with Gasteiger partial charge in [0.2, 0.25) is 0 Å². The van der Waals surface area contributed by atoms with E-state index in [0.717, 1.165) is 19.6 Å². The molecule has 0 spiro atoms. The van der Waals surface area contributed by atoms with Gasteiger partial charge in [-0.3, -0.25) is 0 Å². The summed E-state index contributed by atoms with van der Waals surface area (Å²) in [5, 5.41) is 6.23. The standard InChI is InChI=1S/C9H14FN3/c1-2-11-5-6-12-9-4-3-8(10)7-13-9/h3-4,7,11H,2,5-6H2,1H3,(H,12,13). The van der Waals surface area contributed by atoms with Crippen molar-refractivity contribution in [1.82, 2.24) is 10.3 Å². The Morgan fingerprint density at radius 1 is 1.38 bits per heavy atom. The van der Waals surface area contributed by atoms with Crippen LogP contribution in [0.5, 0.6) is 0 Å². The SMILES string of the molecule is CCNCCNc1ccc(F)cn1. The number of rotatable bonds is 5. The molecule has 0 aliphatic rings. The molecule has 0 aliphatic heterocycles. The van der Waals surface area contributed by atoms with Gasteiger partial charge >= 0.3 is 0 Å². The maximum atomic E-state index is 12.4. The molecule has 72 valence electrons. The predicted molar refractivity (Wildman–Crippen MR) is 51.2 cm³/mol. The van der Waals surface area contributed by atoms with E-state index in [9.17, 15) is 4.39 Å². The number of nitrogens with zero attached hydrogens (tertiary/aromatic N) is 1. The summed E-state index contributed by atoms with van der Waals surface area (Å²) >= 11 is 0. The molecule has 0 saturated heterocycles. The number of hydrogen-bond acceptors (Lipinski definition) is 3. The fourth-order valence-corrected chi connectivity index (χ4v) is 0.936. The summed E-state index contributed by atoms with van der Waals surface area (Å²) in [4.78, 5) is 3.86. The number of likely N-dealkylation sites (N-methyl/N-ethyl adjacent to an activating group) is 1. The zero-order chi connectivity index (χ0) is 9.52. The Kier molecular flexibility index (Phi) is 4.18. The van der Waals surface area contributed by atoms with Crippen LogP contribution in [0.15, 0.2) is 18.3 Å². The molecular formula is C9H14FN3. The molecule has 13 heavy (non-hydrogen) atoms. The van der Waals surface area contributed by atoms with E-state index < -0.39 is 0 Å². The molecule has 0 aliphatic carbocycles. The van der Waals surface area contributed by atoms with Crippen molar-refractivity contribution in [2.75, 3.05) is 25.0 Å². The molecule has 0 unspecified atom stereocenters. The molecule has 0 fully saturated rings. The van der Waals surface area contributed by atoms with E-state index in [1.54, 1.807) is 6.07 Å². The van der Waals surface area contributed by atoms with Crippen molar-refractivity contribution in [3.8, 4) is 0 Å². The van der Waals surface area contributed by atoms with Crippen molar-refractivity contribution >= 4 is 5.82 Å². The molecule has 0 amide bonds. The zero-order valence-corrected chi connectivity index (χ0v) is 7.68. The van der Waals surface area contributed by atoms with E-state index in [1.165, 1.54) is 12.3 Å².